The molecular weight excluding hydrogens is 404 g/mol. The third-order valence-electron chi connectivity index (χ3n) is 4.77. The van der Waals surface area contributed by atoms with Gasteiger partial charge < -0.3 is 19.5 Å². The number of likely N-dealkylation sites (N-methyl/N-ethyl adjacent to an activating group) is 1. The van der Waals surface area contributed by atoms with Gasteiger partial charge in [-0.1, -0.05) is 24.3 Å². The van der Waals surface area contributed by atoms with E-state index in [0.29, 0.717) is 22.4 Å². The maximum Gasteiger partial charge on any atom is 0.253 e. The van der Waals surface area contributed by atoms with Crippen molar-refractivity contribution in [2.75, 3.05) is 27.3 Å². The lowest BCUT2D eigenvalue weighted by atomic mass is 10.0. The van der Waals surface area contributed by atoms with Crippen LogP contribution in [0, 0.1) is 11.6 Å². The Labute approximate surface area is 179 Å². The van der Waals surface area contributed by atoms with Gasteiger partial charge in [0.05, 0.1) is 13.7 Å². The maximum absolute atomic E-state index is 13.7. The van der Waals surface area contributed by atoms with Crippen molar-refractivity contribution in [1.29, 1.82) is 0 Å². The van der Waals surface area contributed by atoms with Gasteiger partial charge in [-0.05, 0) is 41.5 Å². The molecule has 0 heterocycles. The second kappa shape index (κ2) is 10.0. The first-order valence-electron chi connectivity index (χ1n) is 9.64. The first-order valence-corrected chi connectivity index (χ1v) is 9.64. The van der Waals surface area contributed by atoms with Crippen LogP contribution >= 0.6 is 0 Å². The molecule has 3 aromatic rings. The van der Waals surface area contributed by atoms with E-state index in [0.717, 1.165) is 17.7 Å². The number of aliphatic hydroxyl groups is 1. The van der Waals surface area contributed by atoms with Crippen molar-refractivity contribution in [3.63, 3.8) is 0 Å². The van der Waals surface area contributed by atoms with Crippen molar-refractivity contribution in [2.24, 2.45) is 0 Å². The standard InChI is InChI=1S/C24H23F2NO4/c1-27(10-11-28)24(29)18-5-3-4-16(12-18)15-31-19-8-6-17(7-9-19)20-13-21(25)22(26)14-23(20)30-2/h3-9,12-14,28H,10-11,15H2,1-2H3. The van der Waals surface area contributed by atoms with E-state index in [1.807, 2.05) is 6.07 Å². The van der Waals surface area contributed by atoms with Crippen molar-refractivity contribution < 1.29 is 28.2 Å². The topological polar surface area (TPSA) is 59.0 Å². The second-order valence-electron chi connectivity index (χ2n) is 6.93. The van der Waals surface area contributed by atoms with E-state index >= 15 is 0 Å². The van der Waals surface area contributed by atoms with E-state index < -0.39 is 11.6 Å². The maximum atomic E-state index is 13.7. The Balaban J connectivity index is 1.70. The molecule has 0 fully saturated rings. The molecule has 0 unspecified atom stereocenters. The molecule has 5 nitrogen and oxygen atoms in total. The molecule has 0 radical (unpaired) electrons. The number of halogens is 2. The number of methoxy groups -OCH3 is 1. The Bertz CT molecular complexity index is 1050. The van der Waals surface area contributed by atoms with Crippen LogP contribution in [0.25, 0.3) is 11.1 Å². The third-order valence-corrected chi connectivity index (χ3v) is 4.77. The highest BCUT2D eigenvalue weighted by molar-refractivity contribution is 5.94. The number of amides is 1. The lowest BCUT2D eigenvalue weighted by Gasteiger charge is -2.16. The zero-order valence-corrected chi connectivity index (χ0v) is 17.3. The Morgan fingerprint density at radius 1 is 1.03 bits per heavy atom. The quantitative estimate of drug-likeness (QED) is 0.583. The van der Waals surface area contributed by atoms with Gasteiger partial charge in [0.2, 0.25) is 0 Å². The minimum atomic E-state index is -0.969. The number of carbonyl (C=O) groups is 1. The fourth-order valence-electron chi connectivity index (χ4n) is 3.09. The van der Waals surface area contributed by atoms with Gasteiger partial charge in [0.15, 0.2) is 11.6 Å². The molecule has 0 atom stereocenters. The molecule has 3 rings (SSSR count). The molecule has 31 heavy (non-hydrogen) atoms. The zero-order valence-electron chi connectivity index (χ0n) is 17.3. The van der Waals surface area contributed by atoms with Crippen LogP contribution in [-0.2, 0) is 6.61 Å². The van der Waals surface area contributed by atoms with E-state index in [9.17, 15) is 13.6 Å². The Morgan fingerprint density at radius 2 is 1.74 bits per heavy atom. The van der Waals surface area contributed by atoms with Gasteiger partial charge in [0.25, 0.3) is 5.91 Å². The summed E-state index contributed by atoms with van der Waals surface area (Å²) in [5, 5.41) is 8.99. The van der Waals surface area contributed by atoms with E-state index in [2.05, 4.69) is 0 Å². The van der Waals surface area contributed by atoms with E-state index in [1.54, 1.807) is 49.5 Å². The molecule has 0 spiro atoms. The van der Waals surface area contributed by atoms with Gasteiger partial charge in [0.1, 0.15) is 18.1 Å². The predicted molar refractivity (Wildman–Crippen MR) is 113 cm³/mol. The number of nitrogens with zero attached hydrogens (tertiary/aromatic N) is 1. The highest BCUT2D eigenvalue weighted by Crippen LogP contribution is 2.33. The van der Waals surface area contributed by atoms with Gasteiger partial charge in [-0.2, -0.15) is 0 Å². The first kappa shape index (κ1) is 22.2. The summed E-state index contributed by atoms with van der Waals surface area (Å²) >= 11 is 0. The molecule has 0 saturated heterocycles. The number of aliphatic hydroxyl groups excluding tert-OH is 1. The summed E-state index contributed by atoms with van der Waals surface area (Å²) < 4.78 is 38.0. The van der Waals surface area contributed by atoms with Crippen molar-refractivity contribution >= 4 is 5.91 Å². The normalized spacial score (nSPS) is 10.6. The molecule has 0 saturated carbocycles. The Hall–Kier alpha value is -3.45. The van der Waals surface area contributed by atoms with Gasteiger partial charge in [-0.3, -0.25) is 4.79 Å². The number of benzene rings is 3. The fourth-order valence-corrected chi connectivity index (χ4v) is 3.09. The fraction of sp³-hybridized carbons (Fsp3) is 0.208. The smallest absolute Gasteiger partial charge is 0.253 e. The van der Waals surface area contributed by atoms with Gasteiger partial charge >= 0.3 is 0 Å². The Morgan fingerprint density at radius 3 is 2.42 bits per heavy atom. The molecule has 0 aliphatic heterocycles. The largest absolute Gasteiger partial charge is 0.496 e. The number of rotatable bonds is 8. The second-order valence-corrected chi connectivity index (χ2v) is 6.93. The third kappa shape index (κ3) is 5.38. The molecule has 7 heteroatoms. The highest BCUT2D eigenvalue weighted by Gasteiger charge is 2.13. The van der Waals surface area contributed by atoms with E-state index in [-0.39, 0.29) is 31.4 Å². The zero-order chi connectivity index (χ0) is 22.4. The van der Waals surface area contributed by atoms with Gasteiger partial charge in [-0.15, -0.1) is 0 Å². The monoisotopic (exact) mass is 427 g/mol. The van der Waals surface area contributed by atoms with Gasteiger partial charge in [-0.25, -0.2) is 8.78 Å². The SMILES string of the molecule is COc1cc(F)c(F)cc1-c1ccc(OCc2cccc(C(=O)N(C)CCO)c2)cc1. The summed E-state index contributed by atoms with van der Waals surface area (Å²) in [6.07, 6.45) is 0. The molecule has 1 amide bonds. The molecule has 0 aromatic heterocycles. The molecule has 0 aliphatic carbocycles. The molecule has 162 valence electrons. The average Bonchev–Trinajstić information content (AvgIpc) is 2.79. The van der Waals surface area contributed by atoms with Gasteiger partial charge in [0, 0.05) is 30.8 Å². The van der Waals surface area contributed by atoms with Crippen LogP contribution in [0.3, 0.4) is 0 Å². The number of hydrogen-bond acceptors (Lipinski definition) is 4. The summed E-state index contributed by atoms with van der Waals surface area (Å²) in [4.78, 5) is 13.8. The highest BCUT2D eigenvalue weighted by atomic mass is 19.2. The summed E-state index contributed by atoms with van der Waals surface area (Å²) in [6.45, 7) is 0.408. The molecular formula is C24H23F2NO4. The van der Waals surface area contributed by atoms with Crippen LogP contribution in [0.4, 0.5) is 8.78 Å². The molecule has 0 bridgehead atoms. The van der Waals surface area contributed by atoms with Crippen LogP contribution < -0.4 is 9.47 Å². The van der Waals surface area contributed by atoms with Crippen molar-refractivity contribution in [3.8, 4) is 22.6 Å². The van der Waals surface area contributed by atoms with Crippen LogP contribution in [0.2, 0.25) is 0 Å². The predicted octanol–water partition coefficient (Wildman–Crippen LogP) is 4.28. The van der Waals surface area contributed by atoms with Crippen molar-refractivity contribution in [3.05, 3.63) is 83.4 Å². The average molecular weight is 427 g/mol. The Kier molecular flexibility index (Phi) is 7.20. The van der Waals surface area contributed by atoms with Crippen LogP contribution in [0.1, 0.15) is 15.9 Å². The van der Waals surface area contributed by atoms with E-state index in [4.69, 9.17) is 14.6 Å². The number of carbonyl (C=O) groups excluding carboxylic acids is 1. The minimum Gasteiger partial charge on any atom is -0.496 e. The lowest BCUT2D eigenvalue weighted by Crippen LogP contribution is -2.29. The molecule has 1 N–H and O–H groups in total. The molecule has 0 aliphatic rings. The number of ether oxygens (including phenoxy) is 2. The van der Waals surface area contributed by atoms with Crippen LogP contribution in [0.5, 0.6) is 11.5 Å². The molecule has 3 aromatic carbocycles. The minimum absolute atomic E-state index is 0.0997. The van der Waals surface area contributed by atoms with Crippen LogP contribution in [-0.4, -0.2) is 43.2 Å². The number of hydrogen-bond donors (Lipinski definition) is 1. The van der Waals surface area contributed by atoms with Crippen molar-refractivity contribution in [1.82, 2.24) is 4.90 Å². The lowest BCUT2D eigenvalue weighted by molar-refractivity contribution is 0.0767. The summed E-state index contributed by atoms with van der Waals surface area (Å²) in [5.74, 6) is -1.28. The summed E-state index contributed by atoms with van der Waals surface area (Å²) in [6, 6.07) is 16.1. The first-order chi connectivity index (χ1) is 14.9. The van der Waals surface area contributed by atoms with Crippen LogP contribution in [0.15, 0.2) is 60.7 Å². The van der Waals surface area contributed by atoms with E-state index in [1.165, 1.54) is 12.0 Å². The van der Waals surface area contributed by atoms with Crippen molar-refractivity contribution in [2.45, 2.75) is 6.61 Å². The summed E-state index contributed by atoms with van der Waals surface area (Å²) in [5.41, 5.74) is 2.42. The summed E-state index contributed by atoms with van der Waals surface area (Å²) in [7, 11) is 3.03.